The first-order valence-electron chi connectivity index (χ1n) is 16.7. The minimum absolute atomic E-state index is 0.0705. The van der Waals surface area contributed by atoms with Crippen LogP contribution in [0, 0.1) is 18.6 Å². The predicted octanol–water partition coefficient (Wildman–Crippen LogP) is 4.03. The fourth-order valence-corrected chi connectivity index (χ4v) is 5.91. The maximum absolute atomic E-state index is 14.2. The van der Waals surface area contributed by atoms with Crippen LogP contribution in [-0.4, -0.2) is 92.6 Å². The molecule has 3 unspecified atom stereocenters. The van der Waals surface area contributed by atoms with E-state index in [1.807, 2.05) is 44.2 Å². The molecule has 0 fully saturated rings. The number of hydrogen-bond acceptors (Lipinski definition) is 7. The van der Waals surface area contributed by atoms with E-state index in [9.17, 15) is 36.7 Å². The zero-order valence-electron chi connectivity index (χ0n) is 29.0. The Balaban J connectivity index is 1.95. The van der Waals surface area contributed by atoms with Gasteiger partial charge in [-0.25, -0.2) is 17.2 Å². The summed E-state index contributed by atoms with van der Waals surface area (Å²) in [6, 6.07) is 15.3. The van der Waals surface area contributed by atoms with Gasteiger partial charge in [0.25, 0.3) is 17.7 Å². The number of carbonyl (C=O) groups excluding carboxylic acids is 3. The van der Waals surface area contributed by atoms with Crippen LogP contribution >= 0.6 is 0 Å². The predicted molar refractivity (Wildman–Crippen MR) is 188 cm³/mol. The third-order valence-corrected chi connectivity index (χ3v) is 8.75. The van der Waals surface area contributed by atoms with Crippen LogP contribution in [0.1, 0.15) is 64.1 Å². The molecule has 0 aromatic heterocycles. The SMILES string of the molecule is CCCN(CCC)C(=O)c1cc(C)cc(C(=O)NC(Cc2cc(F)cc(F)c2)C(O)C(OCCS(C)(=O)=O)C(=O)NCCc2ccccc2)c1. The number of hydrogen-bond donors (Lipinski definition) is 3. The van der Waals surface area contributed by atoms with Crippen molar-refractivity contribution >= 4 is 27.6 Å². The highest BCUT2D eigenvalue weighted by Gasteiger charge is 2.35. The largest absolute Gasteiger partial charge is 0.388 e. The summed E-state index contributed by atoms with van der Waals surface area (Å²) in [6.07, 6.45) is -0.878. The van der Waals surface area contributed by atoms with E-state index in [0.717, 1.165) is 36.8 Å². The van der Waals surface area contributed by atoms with Gasteiger partial charge >= 0.3 is 0 Å². The summed E-state index contributed by atoms with van der Waals surface area (Å²) >= 11 is 0. The Morgan fingerprint density at radius 3 is 2.12 bits per heavy atom. The van der Waals surface area contributed by atoms with Gasteiger partial charge in [-0.2, -0.15) is 0 Å². The van der Waals surface area contributed by atoms with Crippen LogP contribution in [-0.2, 0) is 32.2 Å². The molecule has 3 N–H and O–H groups in total. The first-order valence-corrected chi connectivity index (χ1v) is 18.7. The number of ether oxygens (including phenoxy) is 1. The van der Waals surface area contributed by atoms with Gasteiger partial charge in [0.2, 0.25) is 0 Å². The Morgan fingerprint density at radius 1 is 0.900 bits per heavy atom. The number of aliphatic hydroxyl groups excluding tert-OH is 1. The van der Waals surface area contributed by atoms with Crippen molar-refractivity contribution in [3.05, 3.63) is 106 Å². The molecule has 13 heteroatoms. The smallest absolute Gasteiger partial charge is 0.253 e. The van der Waals surface area contributed by atoms with E-state index in [1.165, 1.54) is 6.07 Å². The monoisotopic (exact) mass is 715 g/mol. The molecular weight excluding hydrogens is 668 g/mol. The zero-order valence-corrected chi connectivity index (χ0v) is 29.8. The zero-order chi connectivity index (χ0) is 36.8. The van der Waals surface area contributed by atoms with Crippen LogP contribution in [0.5, 0.6) is 0 Å². The van der Waals surface area contributed by atoms with Gasteiger partial charge in [0.1, 0.15) is 27.6 Å². The lowest BCUT2D eigenvalue weighted by molar-refractivity contribution is -0.141. The molecular formula is C37H47F2N3O7S. The molecule has 0 bridgehead atoms. The number of benzene rings is 3. The van der Waals surface area contributed by atoms with Gasteiger partial charge in [-0.05, 0) is 79.6 Å². The van der Waals surface area contributed by atoms with E-state index in [4.69, 9.17) is 4.74 Å². The van der Waals surface area contributed by atoms with Gasteiger partial charge in [0.15, 0.2) is 6.10 Å². The topological polar surface area (TPSA) is 142 Å². The van der Waals surface area contributed by atoms with E-state index in [-0.39, 0.29) is 30.0 Å². The molecule has 0 aliphatic rings. The second-order valence-corrected chi connectivity index (χ2v) is 14.6. The molecule has 0 heterocycles. The Kier molecular flexibility index (Phi) is 15.5. The molecule has 3 aromatic rings. The minimum atomic E-state index is -3.51. The van der Waals surface area contributed by atoms with Gasteiger partial charge < -0.3 is 25.4 Å². The van der Waals surface area contributed by atoms with Crippen molar-refractivity contribution in [2.45, 2.75) is 64.7 Å². The van der Waals surface area contributed by atoms with E-state index in [1.54, 1.807) is 24.0 Å². The molecule has 0 saturated heterocycles. The van der Waals surface area contributed by atoms with Crippen LogP contribution in [0.3, 0.4) is 0 Å². The van der Waals surface area contributed by atoms with Gasteiger partial charge in [0, 0.05) is 43.1 Å². The highest BCUT2D eigenvalue weighted by molar-refractivity contribution is 7.90. The van der Waals surface area contributed by atoms with Crippen molar-refractivity contribution in [1.82, 2.24) is 15.5 Å². The second-order valence-electron chi connectivity index (χ2n) is 12.4. The Bertz CT molecular complexity index is 1680. The number of sulfone groups is 1. The molecule has 3 aromatic carbocycles. The highest BCUT2D eigenvalue weighted by Crippen LogP contribution is 2.18. The molecule has 0 radical (unpaired) electrons. The summed E-state index contributed by atoms with van der Waals surface area (Å²) in [4.78, 5) is 42.3. The van der Waals surface area contributed by atoms with Crippen molar-refractivity contribution in [2.75, 3.05) is 38.2 Å². The number of carbonyl (C=O) groups is 3. The maximum Gasteiger partial charge on any atom is 0.253 e. The Labute approximate surface area is 293 Å². The molecule has 0 spiro atoms. The molecule has 0 saturated carbocycles. The summed E-state index contributed by atoms with van der Waals surface area (Å²) in [7, 11) is -3.51. The number of nitrogens with one attached hydrogen (secondary N) is 2. The van der Waals surface area contributed by atoms with E-state index in [0.29, 0.717) is 36.7 Å². The van der Waals surface area contributed by atoms with Crippen LogP contribution in [0.4, 0.5) is 8.78 Å². The van der Waals surface area contributed by atoms with Crippen molar-refractivity contribution in [3.63, 3.8) is 0 Å². The Morgan fingerprint density at radius 2 is 1.52 bits per heavy atom. The standard InChI is InChI=1S/C37H47F2N3O7S/c1-5-14-42(15-6-2)37(46)29-19-25(3)18-28(23-29)35(44)41-32(22-27-20-30(38)24-31(39)21-27)33(43)34(49-16-17-50(4,47)48)36(45)40-13-12-26-10-8-7-9-11-26/h7-11,18-21,23-24,32-34,43H,5-6,12-17,22H2,1-4H3,(H,40,45)(H,41,44). The van der Waals surface area contributed by atoms with E-state index >= 15 is 0 Å². The molecule has 50 heavy (non-hydrogen) atoms. The lowest BCUT2D eigenvalue weighted by atomic mass is 9.96. The lowest BCUT2D eigenvalue weighted by Gasteiger charge is -2.30. The molecule has 0 aliphatic carbocycles. The molecule has 0 aliphatic heterocycles. The van der Waals surface area contributed by atoms with Crippen molar-refractivity contribution in [1.29, 1.82) is 0 Å². The van der Waals surface area contributed by atoms with Crippen LogP contribution in [0.25, 0.3) is 0 Å². The third-order valence-electron chi connectivity index (χ3n) is 7.84. The molecule has 10 nitrogen and oxygen atoms in total. The summed E-state index contributed by atoms with van der Waals surface area (Å²) in [5, 5.41) is 17.0. The van der Waals surface area contributed by atoms with E-state index in [2.05, 4.69) is 10.6 Å². The number of aliphatic hydroxyl groups is 1. The third kappa shape index (κ3) is 12.9. The molecule has 3 rings (SSSR count). The number of aryl methyl sites for hydroxylation is 1. The first kappa shape index (κ1) is 40.2. The normalized spacial score (nSPS) is 13.3. The van der Waals surface area contributed by atoms with Gasteiger partial charge in [-0.15, -0.1) is 0 Å². The van der Waals surface area contributed by atoms with Crippen LogP contribution < -0.4 is 10.6 Å². The minimum Gasteiger partial charge on any atom is -0.388 e. The van der Waals surface area contributed by atoms with Crippen molar-refractivity contribution in [2.24, 2.45) is 0 Å². The van der Waals surface area contributed by atoms with Crippen LogP contribution in [0.2, 0.25) is 0 Å². The summed E-state index contributed by atoms with van der Waals surface area (Å²) in [5.41, 5.74) is 2.01. The average molecular weight is 716 g/mol. The maximum atomic E-state index is 14.2. The number of nitrogens with zero attached hydrogens (tertiary/aromatic N) is 1. The number of halogens is 2. The summed E-state index contributed by atoms with van der Waals surface area (Å²) in [6.45, 7) is 6.43. The fraction of sp³-hybridized carbons (Fsp3) is 0.432. The van der Waals surface area contributed by atoms with Crippen LogP contribution in [0.15, 0.2) is 66.7 Å². The first-order chi connectivity index (χ1) is 23.7. The van der Waals surface area contributed by atoms with Gasteiger partial charge in [0.05, 0.1) is 18.4 Å². The van der Waals surface area contributed by atoms with Crippen molar-refractivity contribution < 1.29 is 41.4 Å². The number of amides is 3. The quantitative estimate of drug-likeness (QED) is 0.170. The molecule has 3 amide bonds. The highest BCUT2D eigenvalue weighted by atomic mass is 32.2. The number of rotatable bonds is 19. The van der Waals surface area contributed by atoms with Gasteiger partial charge in [-0.1, -0.05) is 44.2 Å². The van der Waals surface area contributed by atoms with E-state index < -0.39 is 63.9 Å². The molecule has 272 valence electrons. The Hall–Kier alpha value is -4.20. The van der Waals surface area contributed by atoms with Crippen molar-refractivity contribution in [3.8, 4) is 0 Å². The van der Waals surface area contributed by atoms with Gasteiger partial charge in [-0.3, -0.25) is 14.4 Å². The summed E-state index contributed by atoms with van der Waals surface area (Å²) in [5.74, 6) is -3.96. The molecule has 3 atom stereocenters. The lowest BCUT2D eigenvalue weighted by Crippen LogP contribution is -2.55. The second kappa shape index (κ2) is 19.3. The fourth-order valence-electron chi connectivity index (χ4n) is 5.51. The summed E-state index contributed by atoms with van der Waals surface area (Å²) < 4.78 is 57.8. The average Bonchev–Trinajstić information content (AvgIpc) is 3.05.